The SMILES string of the molecule is O=C(NCC1CCN(C(=O)OC2Cc3ccccc3C2)CC1)c1ccc(O)cn1. The maximum Gasteiger partial charge on any atom is 0.410 e. The second-order valence-electron chi connectivity index (χ2n) is 7.72. The van der Waals surface area contributed by atoms with Crippen molar-refractivity contribution in [3.05, 3.63) is 59.4 Å². The molecule has 2 aromatic rings. The summed E-state index contributed by atoms with van der Waals surface area (Å²) in [4.78, 5) is 30.3. The number of hydrogen-bond donors (Lipinski definition) is 2. The standard InChI is InChI=1S/C22H25N3O4/c26-18-5-6-20(23-14-18)21(27)24-13-15-7-9-25(10-8-15)22(28)29-19-11-16-3-1-2-4-17(16)12-19/h1-6,14-15,19,26H,7-13H2,(H,24,27). The van der Waals surface area contributed by atoms with Crippen molar-refractivity contribution in [3.63, 3.8) is 0 Å². The molecule has 0 spiro atoms. The zero-order valence-electron chi connectivity index (χ0n) is 16.2. The molecule has 1 aliphatic heterocycles. The van der Waals surface area contributed by atoms with Crippen molar-refractivity contribution in [1.29, 1.82) is 0 Å². The van der Waals surface area contributed by atoms with Crippen LogP contribution < -0.4 is 5.32 Å². The third-order valence-electron chi connectivity index (χ3n) is 5.69. The lowest BCUT2D eigenvalue weighted by Crippen LogP contribution is -2.43. The number of nitrogens with zero attached hydrogens (tertiary/aromatic N) is 2. The molecule has 2 aliphatic rings. The van der Waals surface area contributed by atoms with E-state index >= 15 is 0 Å². The lowest BCUT2D eigenvalue weighted by Gasteiger charge is -2.32. The molecule has 2 heterocycles. The van der Waals surface area contributed by atoms with Crippen LogP contribution in [0.5, 0.6) is 5.75 Å². The molecule has 1 saturated heterocycles. The fourth-order valence-corrected chi connectivity index (χ4v) is 3.99. The largest absolute Gasteiger partial charge is 0.506 e. The maximum absolute atomic E-state index is 12.5. The summed E-state index contributed by atoms with van der Waals surface area (Å²) in [6.45, 7) is 1.81. The van der Waals surface area contributed by atoms with Gasteiger partial charge in [-0.25, -0.2) is 9.78 Å². The second kappa shape index (κ2) is 8.51. The quantitative estimate of drug-likeness (QED) is 0.830. The Labute approximate surface area is 169 Å². The summed E-state index contributed by atoms with van der Waals surface area (Å²) in [7, 11) is 0. The van der Waals surface area contributed by atoms with E-state index in [0.717, 1.165) is 25.7 Å². The highest BCUT2D eigenvalue weighted by molar-refractivity contribution is 5.92. The minimum Gasteiger partial charge on any atom is -0.506 e. The Balaban J connectivity index is 1.19. The Kier molecular flexibility index (Phi) is 5.64. The first kappa shape index (κ1) is 19.2. The molecule has 7 heteroatoms. The first-order chi connectivity index (χ1) is 14.1. The van der Waals surface area contributed by atoms with Gasteiger partial charge in [-0.3, -0.25) is 4.79 Å². The second-order valence-corrected chi connectivity index (χ2v) is 7.72. The van der Waals surface area contributed by atoms with Crippen molar-refractivity contribution in [2.75, 3.05) is 19.6 Å². The summed E-state index contributed by atoms with van der Waals surface area (Å²) in [5.74, 6) is 0.0887. The third kappa shape index (κ3) is 4.67. The van der Waals surface area contributed by atoms with E-state index in [2.05, 4.69) is 22.4 Å². The number of rotatable bonds is 4. The monoisotopic (exact) mass is 395 g/mol. The molecule has 29 heavy (non-hydrogen) atoms. The summed E-state index contributed by atoms with van der Waals surface area (Å²) in [6.07, 6.45) is 4.16. The number of benzene rings is 1. The number of aromatic nitrogens is 1. The van der Waals surface area contributed by atoms with Crippen LogP contribution in [-0.4, -0.2) is 52.7 Å². The van der Waals surface area contributed by atoms with Gasteiger partial charge in [0.05, 0.1) is 6.20 Å². The predicted octanol–water partition coefficient (Wildman–Crippen LogP) is 2.53. The molecule has 2 amide bonds. The molecule has 0 bridgehead atoms. The summed E-state index contributed by atoms with van der Waals surface area (Å²) in [6, 6.07) is 11.2. The van der Waals surface area contributed by atoms with Gasteiger partial charge in [0.15, 0.2) is 0 Å². The van der Waals surface area contributed by atoms with E-state index in [4.69, 9.17) is 4.74 Å². The van der Waals surface area contributed by atoms with Crippen LogP contribution in [0.3, 0.4) is 0 Å². The molecule has 2 N–H and O–H groups in total. The van der Waals surface area contributed by atoms with Gasteiger partial charge >= 0.3 is 6.09 Å². The number of piperidine rings is 1. The van der Waals surface area contributed by atoms with Crippen LogP contribution in [0.15, 0.2) is 42.6 Å². The highest BCUT2D eigenvalue weighted by atomic mass is 16.6. The first-order valence-corrected chi connectivity index (χ1v) is 10.0. The number of carbonyl (C=O) groups is 2. The molecule has 1 aliphatic carbocycles. The average molecular weight is 395 g/mol. The van der Waals surface area contributed by atoms with Gasteiger partial charge in [-0.2, -0.15) is 0 Å². The fourth-order valence-electron chi connectivity index (χ4n) is 3.99. The minimum atomic E-state index is -0.257. The number of amides is 2. The van der Waals surface area contributed by atoms with Crippen molar-refractivity contribution in [2.45, 2.75) is 31.8 Å². The number of hydrogen-bond acceptors (Lipinski definition) is 5. The van der Waals surface area contributed by atoms with Gasteiger partial charge in [0.2, 0.25) is 0 Å². The number of fused-ring (bicyclic) bond motifs is 1. The van der Waals surface area contributed by atoms with Crippen LogP contribution in [0, 0.1) is 5.92 Å². The highest BCUT2D eigenvalue weighted by Gasteiger charge is 2.29. The number of nitrogens with one attached hydrogen (secondary N) is 1. The normalized spacial score (nSPS) is 17.0. The number of likely N-dealkylation sites (tertiary alicyclic amines) is 1. The number of ether oxygens (including phenoxy) is 1. The Hall–Kier alpha value is -3.09. The van der Waals surface area contributed by atoms with Crippen LogP contribution in [0.1, 0.15) is 34.5 Å². The van der Waals surface area contributed by atoms with Gasteiger partial charge in [-0.1, -0.05) is 24.3 Å². The van der Waals surface area contributed by atoms with Gasteiger partial charge in [0, 0.05) is 32.5 Å². The van der Waals surface area contributed by atoms with Crippen LogP contribution in [-0.2, 0) is 17.6 Å². The first-order valence-electron chi connectivity index (χ1n) is 10.0. The van der Waals surface area contributed by atoms with Crippen molar-refractivity contribution < 1.29 is 19.4 Å². The van der Waals surface area contributed by atoms with E-state index in [1.807, 2.05) is 12.1 Å². The Bertz CT molecular complexity index is 851. The Morgan fingerprint density at radius 3 is 2.41 bits per heavy atom. The smallest absolute Gasteiger partial charge is 0.410 e. The molecular formula is C22H25N3O4. The zero-order valence-corrected chi connectivity index (χ0v) is 16.2. The van der Waals surface area contributed by atoms with Gasteiger partial charge < -0.3 is 20.1 Å². The van der Waals surface area contributed by atoms with Crippen molar-refractivity contribution in [2.24, 2.45) is 5.92 Å². The van der Waals surface area contributed by atoms with E-state index in [0.29, 0.717) is 25.6 Å². The molecule has 0 saturated carbocycles. The molecule has 0 atom stereocenters. The van der Waals surface area contributed by atoms with E-state index in [9.17, 15) is 14.7 Å². The average Bonchev–Trinajstić information content (AvgIpc) is 3.15. The molecule has 152 valence electrons. The molecule has 7 nitrogen and oxygen atoms in total. The number of pyridine rings is 1. The summed E-state index contributed by atoms with van der Waals surface area (Å²) < 4.78 is 5.72. The van der Waals surface area contributed by atoms with Gasteiger partial charge in [0.1, 0.15) is 17.5 Å². The predicted molar refractivity (Wildman–Crippen MR) is 107 cm³/mol. The topological polar surface area (TPSA) is 91.8 Å². The number of aromatic hydroxyl groups is 1. The highest BCUT2D eigenvalue weighted by Crippen LogP contribution is 2.25. The molecule has 0 radical (unpaired) electrons. The summed E-state index contributed by atoms with van der Waals surface area (Å²) in [5.41, 5.74) is 2.81. The van der Waals surface area contributed by atoms with E-state index < -0.39 is 0 Å². The molecule has 0 unspecified atom stereocenters. The van der Waals surface area contributed by atoms with Crippen LogP contribution in [0.4, 0.5) is 4.79 Å². The lowest BCUT2D eigenvalue weighted by atomic mass is 9.97. The van der Waals surface area contributed by atoms with E-state index in [1.54, 1.807) is 4.90 Å². The van der Waals surface area contributed by atoms with Gasteiger partial charge in [0.25, 0.3) is 5.91 Å². The molecule has 1 fully saturated rings. The van der Waals surface area contributed by atoms with Gasteiger partial charge in [-0.05, 0) is 42.0 Å². The van der Waals surface area contributed by atoms with Crippen molar-refractivity contribution >= 4 is 12.0 Å². The summed E-state index contributed by atoms with van der Waals surface area (Å²) >= 11 is 0. The maximum atomic E-state index is 12.5. The minimum absolute atomic E-state index is 0.0299. The van der Waals surface area contributed by atoms with Crippen molar-refractivity contribution in [1.82, 2.24) is 15.2 Å². The third-order valence-corrected chi connectivity index (χ3v) is 5.69. The van der Waals surface area contributed by atoms with E-state index in [-0.39, 0.29) is 29.5 Å². The lowest BCUT2D eigenvalue weighted by molar-refractivity contribution is 0.0560. The Morgan fingerprint density at radius 2 is 1.79 bits per heavy atom. The van der Waals surface area contributed by atoms with Gasteiger partial charge in [-0.15, -0.1) is 0 Å². The fraction of sp³-hybridized carbons (Fsp3) is 0.409. The molecule has 1 aromatic heterocycles. The molecular weight excluding hydrogens is 370 g/mol. The van der Waals surface area contributed by atoms with E-state index in [1.165, 1.54) is 29.5 Å². The van der Waals surface area contributed by atoms with Crippen molar-refractivity contribution in [3.8, 4) is 5.75 Å². The zero-order chi connectivity index (χ0) is 20.2. The Morgan fingerprint density at radius 1 is 1.10 bits per heavy atom. The van der Waals surface area contributed by atoms with Crippen LogP contribution in [0.2, 0.25) is 0 Å². The molecule has 1 aromatic carbocycles. The van der Waals surface area contributed by atoms with Crippen LogP contribution >= 0.6 is 0 Å². The summed E-state index contributed by atoms with van der Waals surface area (Å²) in [5, 5.41) is 12.1. The van der Waals surface area contributed by atoms with Crippen LogP contribution in [0.25, 0.3) is 0 Å². The molecule has 4 rings (SSSR count). The number of carbonyl (C=O) groups excluding carboxylic acids is 2.